The molecule has 0 bridgehead atoms. The molecule has 0 aromatic heterocycles. The van der Waals surface area contributed by atoms with Crippen molar-refractivity contribution in [1.82, 2.24) is 0 Å². The molecule has 0 aliphatic rings. The molecule has 7 heteroatoms. The minimum Gasteiger partial charge on any atom is -0.504 e. The molecule has 0 saturated carbocycles. The van der Waals surface area contributed by atoms with Crippen LogP contribution in [0.5, 0.6) is 11.5 Å². The predicted molar refractivity (Wildman–Crippen MR) is 55.4 cm³/mol. The third kappa shape index (κ3) is 2.31. The number of ether oxygens (including phenoxy) is 1. The molecule has 1 rings (SSSR count). The van der Waals surface area contributed by atoms with E-state index in [1.165, 1.54) is 13.2 Å². The standard InChI is InChI=1S/C7H6BrClO4S/c1-13-6-3-7(14(9,11)12)4(8)2-5(6)10/h2-3,10H,1H3. The van der Waals surface area contributed by atoms with E-state index in [1.807, 2.05) is 0 Å². The van der Waals surface area contributed by atoms with Crippen LogP contribution in [0.1, 0.15) is 0 Å². The molecule has 1 N–H and O–H groups in total. The van der Waals surface area contributed by atoms with Gasteiger partial charge in [0.1, 0.15) is 4.90 Å². The van der Waals surface area contributed by atoms with E-state index in [0.29, 0.717) is 0 Å². The molecular formula is C7H6BrClO4S. The molecule has 0 radical (unpaired) electrons. The van der Waals surface area contributed by atoms with Gasteiger partial charge >= 0.3 is 0 Å². The van der Waals surface area contributed by atoms with Gasteiger partial charge in [-0.2, -0.15) is 0 Å². The largest absolute Gasteiger partial charge is 0.504 e. The lowest BCUT2D eigenvalue weighted by molar-refractivity contribution is 0.372. The number of methoxy groups -OCH3 is 1. The minimum absolute atomic E-state index is 0.0485. The third-order valence-electron chi connectivity index (χ3n) is 1.50. The van der Waals surface area contributed by atoms with Gasteiger partial charge in [0, 0.05) is 21.2 Å². The van der Waals surface area contributed by atoms with Gasteiger partial charge in [0.25, 0.3) is 9.05 Å². The molecule has 4 nitrogen and oxygen atoms in total. The van der Waals surface area contributed by atoms with E-state index in [0.717, 1.165) is 6.07 Å². The van der Waals surface area contributed by atoms with E-state index < -0.39 is 9.05 Å². The Labute approximate surface area is 94.0 Å². The van der Waals surface area contributed by atoms with Crippen LogP contribution < -0.4 is 4.74 Å². The molecule has 0 aliphatic carbocycles. The summed E-state index contributed by atoms with van der Waals surface area (Å²) in [6.07, 6.45) is 0. The monoisotopic (exact) mass is 300 g/mol. The summed E-state index contributed by atoms with van der Waals surface area (Å²) >= 11 is 2.97. The van der Waals surface area contributed by atoms with Crippen molar-refractivity contribution in [2.45, 2.75) is 4.90 Å². The van der Waals surface area contributed by atoms with E-state index in [-0.39, 0.29) is 20.9 Å². The molecule has 0 spiro atoms. The summed E-state index contributed by atoms with van der Waals surface area (Å²) in [4.78, 5) is -0.145. The van der Waals surface area contributed by atoms with Crippen molar-refractivity contribution >= 4 is 35.7 Å². The van der Waals surface area contributed by atoms with Crippen LogP contribution in [-0.2, 0) is 9.05 Å². The fourth-order valence-electron chi connectivity index (χ4n) is 0.875. The Bertz CT molecular complexity index is 457. The van der Waals surface area contributed by atoms with E-state index in [9.17, 15) is 13.5 Å². The average Bonchev–Trinajstić information content (AvgIpc) is 2.02. The highest BCUT2D eigenvalue weighted by Gasteiger charge is 2.17. The van der Waals surface area contributed by atoms with Crippen molar-refractivity contribution in [3.8, 4) is 11.5 Å². The summed E-state index contributed by atoms with van der Waals surface area (Å²) in [5.74, 6) is -0.115. The predicted octanol–water partition coefficient (Wildman–Crippen LogP) is 2.09. The highest BCUT2D eigenvalue weighted by Crippen LogP contribution is 2.35. The van der Waals surface area contributed by atoms with Crippen molar-refractivity contribution in [1.29, 1.82) is 0 Å². The van der Waals surface area contributed by atoms with Gasteiger partial charge in [-0.15, -0.1) is 0 Å². The van der Waals surface area contributed by atoms with E-state index in [1.54, 1.807) is 0 Å². The van der Waals surface area contributed by atoms with Crippen LogP contribution in [0.25, 0.3) is 0 Å². The molecule has 78 valence electrons. The maximum Gasteiger partial charge on any atom is 0.262 e. The van der Waals surface area contributed by atoms with Crippen LogP contribution in [0.4, 0.5) is 0 Å². The fourth-order valence-corrected chi connectivity index (χ4v) is 3.05. The van der Waals surface area contributed by atoms with Gasteiger partial charge in [-0.1, -0.05) is 0 Å². The normalized spacial score (nSPS) is 11.4. The first-order chi connectivity index (χ1) is 6.36. The van der Waals surface area contributed by atoms with Crippen molar-refractivity contribution in [2.75, 3.05) is 7.11 Å². The first-order valence-corrected chi connectivity index (χ1v) is 6.47. The van der Waals surface area contributed by atoms with Crippen molar-refractivity contribution in [3.63, 3.8) is 0 Å². The average molecular weight is 302 g/mol. The zero-order valence-corrected chi connectivity index (χ0v) is 10.1. The number of benzene rings is 1. The van der Waals surface area contributed by atoms with Gasteiger partial charge in [0.05, 0.1) is 7.11 Å². The first-order valence-electron chi connectivity index (χ1n) is 3.37. The zero-order chi connectivity index (χ0) is 10.9. The SMILES string of the molecule is COc1cc(S(=O)(=O)Cl)c(Br)cc1O. The summed E-state index contributed by atoms with van der Waals surface area (Å²) in [5, 5.41) is 9.29. The lowest BCUT2D eigenvalue weighted by atomic mass is 10.3. The Morgan fingerprint density at radius 1 is 1.50 bits per heavy atom. The molecule has 0 amide bonds. The Kier molecular flexibility index (Phi) is 3.28. The lowest BCUT2D eigenvalue weighted by Gasteiger charge is -2.06. The molecule has 1 aromatic rings. The van der Waals surface area contributed by atoms with Crippen LogP contribution in [0.2, 0.25) is 0 Å². The molecular weight excluding hydrogens is 295 g/mol. The van der Waals surface area contributed by atoms with Crippen LogP contribution in [0, 0.1) is 0 Å². The van der Waals surface area contributed by atoms with Crippen molar-refractivity contribution < 1.29 is 18.3 Å². The molecule has 14 heavy (non-hydrogen) atoms. The smallest absolute Gasteiger partial charge is 0.262 e. The van der Waals surface area contributed by atoms with Gasteiger partial charge < -0.3 is 9.84 Å². The van der Waals surface area contributed by atoms with Gasteiger partial charge in [0.2, 0.25) is 0 Å². The van der Waals surface area contributed by atoms with E-state index in [4.69, 9.17) is 15.4 Å². The Morgan fingerprint density at radius 2 is 2.07 bits per heavy atom. The molecule has 1 aromatic carbocycles. The second-order valence-corrected chi connectivity index (χ2v) is 5.78. The molecule has 0 aliphatic heterocycles. The summed E-state index contributed by atoms with van der Waals surface area (Å²) < 4.78 is 27.0. The van der Waals surface area contributed by atoms with Gasteiger partial charge in [-0.05, 0) is 22.0 Å². The number of rotatable bonds is 2. The van der Waals surface area contributed by atoms with Crippen molar-refractivity contribution in [3.05, 3.63) is 16.6 Å². The highest BCUT2D eigenvalue weighted by molar-refractivity contribution is 9.10. The number of halogens is 2. The Morgan fingerprint density at radius 3 is 2.50 bits per heavy atom. The molecule has 0 saturated heterocycles. The van der Waals surface area contributed by atoms with Crippen LogP contribution in [0.15, 0.2) is 21.5 Å². The molecule has 0 heterocycles. The summed E-state index contributed by atoms with van der Waals surface area (Å²) in [6.45, 7) is 0. The minimum atomic E-state index is -3.85. The lowest BCUT2D eigenvalue weighted by Crippen LogP contribution is -1.94. The first kappa shape index (κ1) is 11.6. The highest BCUT2D eigenvalue weighted by atomic mass is 79.9. The van der Waals surface area contributed by atoms with Crippen LogP contribution >= 0.6 is 26.6 Å². The Balaban J connectivity index is 3.47. The molecule has 0 unspecified atom stereocenters. The van der Waals surface area contributed by atoms with Crippen LogP contribution in [-0.4, -0.2) is 20.6 Å². The quantitative estimate of drug-likeness (QED) is 0.850. The van der Waals surface area contributed by atoms with Gasteiger partial charge in [-0.3, -0.25) is 0 Å². The molecule has 0 fully saturated rings. The number of hydrogen-bond acceptors (Lipinski definition) is 4. The maximum absolute atomic E-state index is 11.0. The second-order valence-electron chi connectivity index (χ2n) is 2.39. The molecule has 0 atom stereocenters. The van der Waals surface area contributed by atoms with Crippen LogP contribution in [0.3, 0.4) is 0 Å². The maximum atomic E-state index is 11.0. The number of phenolic OH excluding ortho intramolecular Hbond substituents is 1. The van der Waals surface area contributed by atoms with Gasteiger partial charge in [0.15, 0.2) is 11.5 Å². The number of hydrogen-bond donors (Lipinski definition) is 1. The van der Waals surface area contributed by atoms with Gasteiger partial charge in [-0.25, -0.2) is 8.42 Å². The fraction of sp³-hybridized carbons (Fsp3) is 0.143. The topological polar surface area (TPSA) is 63.6 Å². The van der Waals surface area contributed by atoms with E-state index >= 15 is 0 Å². The summed E-state index contributed by atoms with van der Waals surface area (Å²) in [7, 11) is 2.61. The van der Waals surface area contributed by atoms with E-state index in [2.05, 4.69) is 15.9 Å². The zero-order valence-electron chi connectivity index (χ0n) is 6.99. The Hall–Kier alpha value is -0.460. The number of aromatic hydroxyl groups is 1. The van der Waals surface area contributed by atoms with Crippen molar-refractivity contribution in [2.24, 2.45) is 0 Å². The number of phenols is 1. The summed E-state index contributed by atoms with van der Waals surface area (Å²) in [5.41, 5.74) is 0. The third-order valence-corrected chi connectivity index (χ3v) is 3.78. The second kappa shape index (κ2) is 3.96. The summed E-state index contributed by atoms with van der Waals surface area (Å²) in [6, 6.07) is 2.34.